The lowest BCUT2D eigenvalue weighted by Crippen LogP contribution is -2.49. The first-order chi connectivity index (χ1) is 20.7. The summed E-state index contributed by atoms with van der Waals surface area (Å²) >= 11 is 1.44. The van der Waals surface area contributed by atoms with E-state index in [1.165, 1.54) is 22.9 Å². The van der Waals surface area contributed by atoms with Crippen LogP contribution in [0.4, 0.5) is 0 Å². The smallest absolute Gasteiger partial charge is 0.286 e. The van der Waals surface area contributed by atoms with Crippen molar-refractivity contribution in [3.8, 4) is 11.5 Å². The summed E-state index contributed by atoms with van der Waals surface area (Å²) in [5.74, 6) is 1.08. The van der Waals surface area contributed by atoms with Crippen LogP contribution in [0.5, 0.6) is 11.5 Å². The predicted octanol–water partition coefficient (Wildman–Crippen LogP) is 6.65. The Labute approximate surface area is 251 Å². The van der Waals surface area contributed by atoms with Gasteiger partial charge in [-0.2, -0.15) is 4.99 Å². The van der Waals surface area contributed by atoms with Crippen LogP contribution < -0.4 is 9.47 Å². The van der Waals surface area contributed by atoms with Gasteiger partial charge in [-0.25, -0.2) is 0 Å². The number of nitrogens with zero attached hydrogens (tertiary/aromatic N) is 3. The zero-order valence-corrected chi connectivity index (χ0v) is 24.4. The number of carbonyl (C=O) groups excluding carboxylic acids is 1. The van der Waals surface area contributed by atoms with Gasteiger partial charge in [-0.05, 0) is 52.2 Å². The fourth-order valence-corrected chi connectivity index (χ4v) is 6.33. The van der Waals surface area contributed by atoms with E-state index in [4.69, 9.17) is 9.47 Å². The van der Waals surface area contributed by atoms with E-state index in [1.807, 2.05) is 54.6 Å². The molecular weight excluding hydrogens is 542 g/mol. The Kier molecular flexibility index (Phi) is 8.68. The number of carbonyl (C=O) groups is 1. The molecule has 0 unspecified atom stereocenters. The predicted molar refractivity (Wildman–Crippen MR) is 170 cm³/mol. The molecule has 0 N–H and O–H groups in total. The second-order valence-electron chi connectivity index (χ2n) is 10.2. The van der Waals surface area contributed by atoms with Crippen LogP contribution in [0.25, 0.3) is 6.08 Å². The van der Waals surface area contributed by atoms with Crippen LogP contribution in [0, 0.1) is 0 Å². The lowest BCUT2D eigenvalue weighted by Gasteiger charge is -2.40. The first kappa shape index (κ1) is 27.8. The standard InChI is InChI=1S/C35H33N3O3S/c1-40-31-23-27(17-18-30(31)41-25-26-11-5-2-6-12-26)24-32-34(39)36-35(42-32)38-21-19-37(20-22-38)33(28-13-7-3-8-14-28)29-15-9-4-10-16-29/h2-18,23-24,33H,19-22,25H2,1H3/b32-24-. The minimum absolute atomic E-state index is 0.194. The van der Waals surface area contributed by atoms with Crippen LogP contribution in [-0.4, -0.2) is 54.2 Å². The van der Waals surface area contributed by atoms with Crippen molar-refractivity contribution in [2.75, 3.05) is 33.3 Å². The van der Waals surface area contributed by atoms with Crippen LogP contribution in [0.15, 0.2) is 119 Å². The quantitative estimate of drug-likeness (QED) is 0.219. The highest BCUT2D eigenvalue weighted by Crippen LogP contribution is 2.35. The highest BCUT2D eigenvalue weighted by atomic mass is 32.2. The first-order valence-corrected chi connectivity index (χ1v) is 15.0. The molecule has 0 aliphatic carbocycles. The number of amides is 1. The molecule has 0 spiro atoms. The molecule has 2 aliphatic rings. The third kappa shape index (κ3) is 6.43. The minimum Gasteiger partial charge on any atom is -0.493 e. The van der Waals surface area contributed by atoms with E-state index in [-0.39, 0.29) is 11.9 Å². The average Bonchev–Trinajstić information content (AvgIpc) is 3.42. The number of methoxy groups -OCH3 is 1. The van der Waals surface area contributed by atoms with Crippen molar-refractivity contribution in [2.45, 2.75) is 12.6 Å². The molecule has 1 saturated heterocycles. The van der Waals surface area contributed by atoms with Crippen molar-refractivity contribution in [3.63, 3.8) is 0 Å². The van der Waals surface area contributed by atoms with Crippen LogP contribution in [-0.2, 0) is 11.4 Å². The third-order valence-electron chi connectivity index (χ3n) is 7.51. The Morgan fingerprint density at radius 2 is 1.43 bits per heavy atom. The largest absolute Gasteiger partial charge is 0.493 e. The minimum atomic E-state index is -0.202. The molecule has 1 fully saturated rings. The van der Waals surface area contributed by atoms with Gasteiger partial charge in [0.05, 0.1) is 18.1 Å². The van der Waals surface area contributed by atoms with Crippen molar-refractivity contribution in [3.05, 3.63) is 136 Å². The van der Waals surface area contributed by atoms with Gasteiger partial charge in [0.2, 0.25) is 0 Å². The summed E-state index contributed by atoms with van der Waals surface area (Å²) in [5.41, 5.74) is 4.53. The zero-order valence-electron chi connectivity index (χ0n) is 23.6. The van der Waals surface area contributed by atoms with E-state index in [2.05, 4.69) is 75.5 Å². The van der Waals surface area contributed by atoms with Gasteiger partial charge in [0.15, 0.2) is 16.7 Å². The fourth-order valence-electron chi connectivity index (χ4n) is 5.37. The molecule has 7 heteroatoms. The summed E-state index contributed by atoms with van der Waals surface area (Å²) in [6.45, 7) is 3.83. The van der Waals surface area contributed by atoms with Gasteiger partial charge in [0, 0.05) is 26.2 Å². The number of thioether (sulfide) groups is 1. The zero-order chi connectivity index (χ0) is 28.7. The fraction of sp³-hybridized carbons (Fsp3) is 0.200. The van der Waals surface area contributed by atoms with Gasteiger partial charge in [0.25, 0.3) is 5.91 Å². The Bertz CT molecular complexity index is 1530. The number of aliphatic imine (C=N–C) groups is 1. The summed E-state index contributed by atoms with van der Waals surface area (Å²) in [7, 11) is 1.62. The molecule has 2 heterocycles. The highest BCUT2D eigenvalue weighted by molar-refractivity contribution is 8.18. The number of hydrogen-bond donors (Lipinski definition) is 0. The molecule has 212 valence electrons. The van der Waals surface area contributed by atoms with Crippen LogP contribution in [0.3, 0.4) is 0 Å². The number of rotatable bonds is 8. The maximum atomic E-state index is 12.9. The second-order valence-corrected chi connectivity index (χ2v) is 11.3. The number of benzene rings is 4. The van der Waals surface area contributed by atoms with Gasteiger partial charge < -0.3 is 14.4 Å². The summed E-state index contributed by atoms with van der Waals surface area (Å²) in [5, 5.41) is 0.775. The normalized spacial score (nSPS) is 16.6. The number of piperazine rings is 1. The van der Waals surface area contributed by atoms with Gasteiger partial charge >= 0.3 is 0 Å². The average molecular weight is 576 g/mol. The van der Waals surface area contributed by atoms with Gasteiger partial charge in [-0.3, -0.25) is 9.69 Å². The molecular formula is C35H33N3O3S. The molecule has 0 atom stereocenters. The monoisotopic (exact) mass is 575 g/mol. The Hall–Kier alpha value is -4.33. The molecule has 42 heavy (non-hydrogen) atoms. The molecule has 2 aliphatic heterocycles. The lowest BCUT2D eigenvalue weighted by molar-refractivity contribution is -0.113. The summed E-state index contributed by atoms with van der Waals surface area (Å²) in [6, 6.07) is 37.3. The Balaban J connectivity index is 1.10. The molecule has 4 aromatic rings. The summed E-state index contributed by atoms with van der Waals surface area (Å²) < 4.78 is 11.6. The van der Waals surface area contributed by atoms with E-state index in [9.17, 15) is 4.79 Å². The van der Waals surface area contributed by atoms with Crippen molar-refractivity contribution in [2.24, 2.45) is 4.99 Å². The van der Waals surface area contributed by atoms with Gasteiger partial charge in [-0.15, -0.1) is 0 Å². The topological polar surface area (TPSA) is 54.4 Å². The maximum Gasteiger partial charge on any atom is 0.286 e. The first-order valence-electron chi connectivity index (χ1n) is 14.1. The van der Waals surface area contributed by atoms with Crippen LogP contribution >= 0.6 is 11.8 Å². The van der Waals surface area contributed by atoms with E-state index in [0.717, 1.165) is 42.5 Å². The highest BCUT2D eigenvalue weighted by Gasteiger charge is 2.31. The van der Waals surface area contributed by atoms with E-state index in [0.29, 0.717) is 23.0 Å². The molecule has 0 radical (unpaired) electrons. The van der Waals surface area contributed by atoms with Crippen LogP contribution in [0.2, 0.25) is 0 Å². The van der Waals surface area contributed by atoms with Gasteiger partial charge in [0.1, 0.15) is 6.61 Å². The van der Waals surface area contributed by atoms with Crippen LogP contribution in [0.1, 0.15) is 28.3 Å². The maximum absolute atomic E-state index is 12.9. The SMILES string of the molecule is COc1cc(/C=C2\SC(N3CCN(C(c4ccccc4)c4ccccc4)CC3)=NC2=O)ccc1OCc1ccccc1. The molecule has 6 rings (SSSR count). The van der Waals surface area contributed by atoms with E-state index < -0.39 is 0 Å². The molecule has 0 bridgehead atoms. The second kappa shape index (κ2) is 13.1. The summed E-state index contributed by atoms with van der Waals surface area (Å²) in [6.07, 6.45) is 1.88. The number of hydrogen-bond acceptors (Lipinski definition) is 6. The van der Waals surface area contributed by atoms with E-state index in [1.54, 1.807) is 7.11 Å². The van der Waals surface area contributed by atoms with Crippen molar-refractivity contribution in [1.82, 2.24) is 9.80 Å². The lowest BCUT2D eigenvalue weighted by atomic mass is 9.96. The summed E-state index contributed by atoms with van der Waals surface area (Å²) in [4.78, 5) is 22.7. The van der Waals surface area contributed by atoms with Crippen molar-refractivity contribution < 1.29 is 14.3 Å². The third-order valence-corrected chi connectivity index (χ3v) is 8.56. The van der Waals surface area contributed by atoms with E-state index >= 15 is 0 Å². The molecule has 0 saturated carbocycles. The number of amidine groups is 1. The van der Waals surface area contributed by atoms with Crippen molar-refractivity contribution >= 4 is 28.9 Å². The molecule has 6 nitrogen and oxygen atoms in total. The Morgan fingerprint density at radius 1 is 0.810 bits per heavy atom. The number of ether oxygens (including phenoxy) is 2. The molecule has 0 aromatic heterocycles. The van der Waals surface area contributed by atoms with Crippen molar-refractivity contribution in [1.29, 1.82) is 0 Å². The van der Waals surface area contributed by atoms with Gasteiger partial charge in [-0.1, -0.05) is 97.1 Å². The molecule has 1 amide bonds. The molecule has 4 aromatic carbocycles. The Morgan fingerprint density at radius 3 is 2.05 bits per heavy atom.